The number of carbonyl (C=O) groups excluding carboxylic acids is 1. The molecule has 2 aromatic carbocycles. The lowest BCUT2D eigenvalue weighted by Crippen LogP contribution is -2.27. The van der Waals surface area contributed by atoms with Crippen molar-refractivity contribution in [2.24, 2.45) is 0 Å². The number of ether oxygens (including phenoxy) is 3. The highest BCUT2D eigenvalue weighted by atomic mass is 16.6. The zero-order valence-corrected chi connectivity index (χ0v) is 15.0. The smallest absolute Gasteiger partial charge is 0.412 e. The van der Waals surface area contributed by atoms with E-state index in [9.17, 15) is 4.79 Å². The molecule has 0 aliphatic carbocycles. The Hall–Kier alpha value is -2.69. The van der Waals surface area contributed by atoms with Crippen molar-refractivity contribution < 1.29 is 19.0 Å². The first-order valence-electron chi connectivity index (χ1n) is 8.32. The quantitative estimate of drug-likeness (QED) is 0.854. The highest BCUT2D eigenvalue weighted by molar-refractivity contribution is 5.86. The maximum atomic E-state index is 12.0. The maximum Gasteiger partial charge on any atom is 0.412 e. The van der Waals surface area contributed by atoms with Crippen LogP contribution in [0.4, 0.5) is 10.5 Å². The molecule has 2 aromatic rings. The predicted molar refractivity (Wildman–Crippen MR) is 97.5 cm³/mol. The van der Waals surface area contributed by atoms with Crippen LogP contribution in [0.3, 0.4) is 0 Å². The molecule has 1 aliphatic heterocycles. The molecule has 0 radical (unpaired) electrons. The van der Waals surface area contributed by atoms with Crippen molar-refractivity contribution >= 4 is 11.8 Å². The fourth-order valence-corrected chi connectivity index (χ4v) is 2.67. The third-order valence-corrected chi connectivity index (χ3v) is 3.60. The fourth-order valence-electron chi connectivity index (χ4n) is 2.67. The average molecular weight is 341 g/mol. The molecule has 3 rings (SSSR count). The Labute approximate surface area is 147 Å². The summed E-state index contributed by atoms with van der Waals surface area (Å²) in [6.45, 7) is 8.62. The van der Waals surface area contributed by atoms with Crippen LogP contribution >= 0.6 is 0 Å². The molecule has 0 bridgehead atoms. The monoisotopic (exact) mass is 341 g/mol. The van der Waals surface area contributed by atoms with Crippen molar-refractivity contribution in [3.63, 3.8) is 0 Å². The zero-order valence-electron chi connectivity index (χ0n) is 15.0. The van der Waals surface area contributed by atoms with E-state index >= 15 is 0 Å². The number of hydrogen-bond donors (Lipinski definition) is 1. The minimum atomic E-state index is -0.535. The molecule has 1 N–H and O–H groups in total. The molecule has 1 heterocycles. The van der Waals surface area contributed by atoms with Gasteiger partial charge in [0, 0.05) is 5.69 Å². The van der Waals surface area contributed by atoms with Crippen LogP contribution in [-0.4, -0.2) is 24.9 Å². The number of anilines is 1. The summed E-state index contributed by atoms with van der Waals surface area (Å²) in [5, 5.41) is 2.79. The van der Waals surface area contributed by atoms with E-state index in [0.29, 0.717) is 18.9 Å². The number of rotatable bonds is 2. The molecule has 0 saturated carbocycles. The fraction of sp³-hybridized carbons (Fsp3) is 0.350. The van der Waals surface area contributed by atoms with E-state index < -0.39 is 11.7 Å². The maximum absolute atomic E-state index is 12.0. The van der Waals surface area contributed by atoms with Crippen molar-refractivity contribution in [3.05, 3.63) is 42.0 Å². The first kappa shape index (κ1) is 17.1. The number of hydrogen-bond acceptors (Lipinski definition) is 4. The second kappa shape index (κ2) is 6.67. The highest BCUT2D eigenvalue weighted by Gasteiger charge is 2.17. The molecule has 0 spiro atoms. The minimum absolute atomic E-state index is 0.466. The van der Waals surface area contributed by atoms with Crippen LogP contribution in [0.5, 0.6) is 11.5 Å². The number of carbonyl (C=O) groups is 1. The first-order chi connectivity index (χ1) is 11.8. The molecule has 0 atom stereocenters. The van der Waals surface area contributed by atoms with E-state index in [1.807, 2.05) is 58.0 Å². The van der Waals surface area contributed by atoms with Gasteiger partial charge in [0.1, 0.15) is 18.8 Å². The molecule has 5 nitrogen and oxygen atoms in total. The lowest BCUT2D eigenvalue weighted by Gasteiger charge is -2.20. The van der Waals surface area contributed by atoms with E-state index in [1.54, 1.807) is 0 Å². The zero-order chi connectivity index (χ0) is 18.0. The number of benzene rings is 2. The summed E-state index contributed by atoms with van der Waals surface area (Å²) in [5.74, 6) is 1.50. The minimum Gasteiger partial charge on any atom is -0.486 e. The van der Waals surface area contributed by atoms with Crippen LogP contribution < -0.4 is 14.8 Å². The van der Waals surface area contributed by atoms with Gasteiger partial charge in [0.2, 0.25) is 0 Å². The van der Waals surface area contributed by atoms with E-state index in [0.717, 1.165) is 28.2 Å². The summed E-state index contributed by atoms with van der Waals surface area (Å²) in [5.41, 5.74) is 3.19. The van der Waals surface area contributed by atoms with Crippen LogP contribution in [0.2, 0.25) is 0 Å². The topological polar surface area (TPSA) is 56.8 Å². The van der Waals surface area contributed by atoms with Gasteiger partial charge >= 0.3 is 6.09 Å². The third kappa shape index (κ3) is 4.44. The number of nitrogens with one attached hydrogen (secondary N) is 1. The summed E-state index contributed by atoms with van der Waals surface area (Å²) < 4.78 is 16.5. The highest BCUT2D eigenvalue weighted by Crippen LogP contribution is 2.35. The van der Waals surface area contributed by atoms with E-state index in [2.05, 4.69) is 11.4 Å². The van der Waals surface area contributed by atoms with Gasteiger partial charge in [0.25, 0.3) is 0 Å². The molecular weight excluding hydrogens is 318 g/mol. The Morgan fingerprint density at radius 1 is 1.00 bits per heavy atom. The Bertz CT molecular complexity index is 793. The van der Waals surface area contributed by atoms with Crippen molar-refractivity contribution in [2.45, 2.75) is 33.3 Å². The van der Waals surface area contributed by atoms with Gasteiger partial charge in [-0.3, -0.25) is 5.32 Å². The van der Waals surface area contributed by atoms with Crippen molar-refractivity contribution in [3.8, 4) is 22.6 Å². The molecule has 0 unspecified atom stereocenters. The van der Waals surface area contributed by atoms with E-state index in [1.165, 1.54) is 0 Å². The predicted octanol–water partition coefficient (Wildman–Crippen LogP) is 4.78. The third-order valence-electron chi connectivity index (χ3n) is 3.60. The van der Waals surface area contributed by atoms with Gasteiger partial charge in [-0.25, -0.2) is 4.79 Å². The normalized spacial score (nSPS) is 13.3. The Morgan fingerprint density at radius 3 is 2.44 bits per heavy atom. The molecule has 0 aromatic heterocycles. The molecule has 0 saturated heterocycles. The van der Waals surface area contributed by atoms with Crippen LogP contribution in [0, 0.1) is 6.92 Å². The van der Waals surface area contributed by atoms with Crippen molar-refractivity contribution in [2.75, 3.05) is 18.5 Å². The number of aryl methyl sites for hydroxylation is 1. The van der Waals surface area contributed by atoms with Gasteiger partial charge in [0.15, 0.2) is 11.5 Å². The summed E-state index contributed by atoms with van der Waals surface area (Å²) in [4.78, 5) is 12.0. The number of amides is 1. The summed E-state index contributed by atoms with van der Waals surface area (Å²) in [7, 11) is 0. The lowest BCUT2D eigenvalue weighted by atomic mass is 10.0. The summed E-state index contributed by atoms with van der Waals surface area (Å²) in [6.07, 6.45) is -0.466. The van der Waals surface area contributed by atoms with Gasteiger partial charge in [-0.15, -0.1) is 0 Å². The summed E-state index contributed by atoms with van der Waals surface area (Å²) >= 11 is 0. The Balaban J connectivity index is 1.85. The molecule has 1 amide bonds. The van der Waals surface area contributed by atoms with Gasteiger partial charge in [-0.1, -0.05) is 12.1 Å². The second-order valence-electron chi connectivity index (χ2n) is 7.07. The van der Waals surface area contributed by atoms with Gasteiger partial charge in [-0.2, -0.15) is 0 Å². The molecule has 5 heteroatoms. The lowest BCUT2D eigenvalue weighted by molar-refractivity contribution is 0.0636. The first-order valence-corrected chi connectivity index (χ1v) is 8.32. The molecule has 1 aliphatic rings. The standard InChI is InChI=1S/C20H23NO4/c1-13-9-15(11-16(10-13)21-19(22)25-20(2,3)4)14-5-6-17-18(12-14)24-8-7-23-17/h5-6,9-12H,7-8H2,1-4H3,(H,21,22). The molecule has 25 heavy (non-hydrogen) atoms. The molecule has 0 fully saturated rings. The second-order valence-corrected chi connectivity index (χ2v) is 7.07. The van der Waals surface area contributed by atoms with Gasteiger partial charge < -0.3 is 14.2 Å². The SMILES string of the molecule is Cc1cc(NC(=O)OC(C)(C)C)cc(-c2ccc3c(c2)OCCO3)c1. The van der Waals surface area contributed by atoms with Crippen LogP contribution in [0.25, 0.3) is 11.1 Å². The molecular formula is C20H23NO4. The largest absolute Gasteiger partial charge is 0.486 e. The Kier molecular flexibility index (Phi) is 4.57. The van der Waals surface area contributed by atoms with E-state index in [4.69, 9.17) is 14.2 Å². The Morgan fingerprint density at radius 2 is 1.72 bits per heavy atom. The van der Waals surface area contributed by atoms with Crippen molar-refractivity contribution in [1.29, 1.82) is 0 Å². The number of fused-ring (bicyclic) bond motifs is 1. The molecule has 132 valence electrons. The van der Waals surface area contributed by atoms with E-state index in [-0.39, 0.29) is 0 Å². The van der Waals surface area contributed by atoms with Crippen LogP contribution in [0.15, 0.2) is 36.4 Å². The summed E-state index contributed by atoms with van der Waals surface area (Å²) in [6, 6.07) is 11.7. The average Bonchev–Trinajstić information content (AvgIpc) is 2.52. The van der Waals surface area contributed by atoms with Gasteiger partial charge in [-0.05, 0) is 68.7 Å². The van der Waals surface area contributed by atoms with Crippen LogP contribution in [-0.2, 0) is 4.74 Å². The van der Waals surface area contributed by atoms with Crippen molar-refractivity contribution in [1.82, 2.24) is 0 Å². The van der Waals surface area contributed by atoms with Gasteiger partial charge in [0.05, 0.1) is 0 Å². The van der Waals surface area contributed by atoms with Crippen LogP contribution in [0.1, 0.15) is 26.3 Å².